The molecule has 0 amide bonds. The van der Waals surface area contributed by atoms with Crippen LogP contribution in [0.4, 0.5) is 0 Å². The maximum absolute atomic E-state index is 11.6. The van der Waals surface area contributed by atoms with Gasteiger partial charge in [-0.05, 0) is 29.5 Å². The molecule has 2 aromatic heterocycles. The monoisotopic (exact) mass is 351 g/mol. The van der Waals surface area contributed by atoms with Crippen LogP contribution in [0, 0.1) is 3.70 Å². The van der Waals surface area contributed by atoms with Crippen molar-refractivity contribution in [2.24, 2.45) is 0 Å². The molecule has 0 aromatic carbocycles. The van der Waals surface area contributed by atoms with Crippen molar-refractivity contribution >= 4 is 45.8 Å². The summed E-state index contributed by atoms with van der Waals surface area (Å²) < 4.78 is 7.38. The molecule has 0 aliphatic heterocycles. The lowest BCUT2D eigenvalue weighted by atomic mass is 10.4. The number of fused-ring (bicyclic) bond motifs is 1. The Morgan fingerprint density at radius 1 is 1.69 bits per heavy atom. The van der Waals surface area contributed by atoms with Crippen LogP contribution < -0.4 is 0 Å². The number of hydrogen-bond donors (Lipinski definition) is 0. The largest absolute Gasteiger partial charge is 0.461 e. The fourth-order valence-electron chi connectivity index (χ4n) is 1.25. The fourth-order valence-corrected chi connectivity index (χ4v) is 2.27. The number of ether oxygens (including phenoxy) is 1. The zero-order valence-electron chi connectivity index (χ0n) is 8.28. The molecule has 5 nitrogen and oxygen atoms in total. The number of rotatable bonds is 2. The highest BCUT2D eigenvalue weighted by molar-refractivity contribution is 14.1. The van der Waals surface area contributed by atoms with E-state index in [1.807, 2.05) is 0 Å². The SMILES string of the molecule is CCOC(=O)c1ncn2c(I)cc(Cl)nc12. The van der Waals surface area contributed by atoms with E-state index in [1.165, 1.54) is 6.33 Å². The summed E-state index contributed by atoms with van der Waals surface area (Å²) in [7, 11) is 0. The van der Waals surface area contributed by atoms with Crippen molar-refractivity contribution in [1.29, 1.82) is 0 Å². The molecule has 0 aliphatic rings. The molecule has 0 aliphatic carbocycles. The Morgan fingerprint density at radius 2 is 2.44 bits per heavy atom. The van der Waals surface area contributed by atoms with E-state index in [0.717, 1.165) is 3.70 Å². The highest BCUT2D eigenvalue weighted by Crippen LogP contribution is 2.17. The standard InChI is InChI=1S/C9H7ClIN3O2/c1-2-16-9(15)7-8-13-5(10)3-6(11)14(8)4-12-7/h3-4H,2H2,1H3. The first-order chi connectivity index (χ1) is 7.63. The minimum atomic E-state index is -0.490. The van der Waals surface area contributed by atoms with Gasteiger partial charge in [0.05, 0.1) is 10.3 Å². The van der Waals surface area contributed by atoms with Crippen LogP contribution in [0.15, 0.2) is 12.4 Å². The Kier molecular flexibility index (Phi) is 3.29. The molecule has 2 heterocycles. The van der Waals surface area contributed by atoms with Gasteiger partial charge in [0.2, 0.25) is 0 Å². The van der Waals surface area contributed by atoms with Gasteiger partial charge in [0.15, 0.2) is 11.3 Å². The number of halogens is 2. The van der Waals surface area contributed by atoms with Crippen LogP contribution in [0.2, 0.25) is 5.15 Å². The van der Waals surface area contributed by atoms with Gasteiger partial charge in [0.25, 0.3) is 0 Å². The molecule has 2 aromatic rings. The lowest BCUT2D eigenvalue weighted by Crippen LogP contribution is -2.06. The summed E-state index contributed by atoms with van der Waals surface area (Å²) in [6, 6.07) is 1.69. The van der Waals surface area contributed by atoms with Crippen LogP contribution in [0.5, 0.6) is 0 Å². The van der Waals surface area contributed by atoms with Crippen molar-refractivity contribution in [3.8, 4) is 0 Å². The average molecular weight is 352 g/mol. The molecule has 0 saturated heterocycles. The summed E-state index contributed by atoms with van der Waals surface area (Å²) in [5.74, 6) is -0.490. The van der Waals surface area contributed by atoms with Crippen LogP contribution >= 0.6 is 34.2 Å². The average Bonchev–Trinajstić information content (AvgIpc) is 2.61. The summed E-state index contributed by atoms with van der Waals surface area (Å²) in [6.45, 7) is 2.04. The number of esters is 1. The zero-order valence-corrected chi connectivity index (χ0v) is 11.2. The Hall–Kier alpha value is -0.890. The number of imidazole rings is 1. The second-order valence-electron chi connectivity index (χ2n) is 2.91. The van der Waals surface area contributed by atoms with E-state index in [1.54, 1.807) is 17.4 Å². The van der Waals surface area contributed by atoms with Crippen molar-refractivity contribution in [3.05, 3.63) is 26.9 Å². The maximum Gasteiger partial charge on any atom is 0.360 e. The normalized spacial score (nSPS) is 10.7. The lowest BCUT2D eigenvalue weighted by Gasteiger charge is -2.00. The number of nitrogens with zero attached hydrogens (tertiary/aromatic N) is 3. The first-order valence-corrected chi connectivity index (χ1v) is 5.95. The highest BCUT2D eigenvalue weighted by Gasteiger charge is 2.17. The van der Waals surface area contributed by atoms with Gasteiger partial charge in [-0.15, -0.1) is 0 Å². The van der Waals surface area contributed by atoms with Gasteiger partial charge >= 0.3 is 5.97 Å². The molecule has 16 heavy (non-hydrogen) atoms. The molecule has 0 saturated carbocycles. The molecule has 84 valence electrons. The number of carbonyl (C=O) groups excluding carboxylic acids is 1. The molecule has 0 fully saturated rings. The molecule has 7 heteroatoms. The second kappa shape index (κ2) is 4.54. The van der Waals surface area contributed by atoms with Crippen LogP contribution in [-0.2, 0) is 4.74 Å². The first kappa shape index (κ1) is 11.6. The summed E-state index contributed by atoms with van der Waals surface area (Å²) in [4.78, 5) is 19.6. The predicted molar refractivity (Wildman–Crippen MR) is 66.7 cm³/mol. The van der Waals surface area contributed by atoms with Gasteiger partial charge in [-0.1, -0.05) is 11.6 Å². The lowest BCUT2D eigenvalue weighted by molar-refractivity contribution is 0.0522. The minimum absolute atomic E-state index is 0.183. The molecule has 0 bridgehead atoms. The van der Waals surface area contributed by atoms with Crippen LogP contribution in [0.25, 0.3) is 5.65 Å². The highest BCUT2D eigenvalue weighted by atomic mass is 127. The predicted octanol–water partition coefficient (Wildman–Crippen LogP) is 2.16. The third-order valence-corrected chi connectivity index (χ3v) is 2.92. The minimum Gasteiger partial charge on any atom is -0.461 e. The molecule has 0 spiro atoms. The van der Waals surface area contributed by atoms with Crippen molar-refractivity contribution in [3.63, 3.8) is 0 Å². The Balaban J connectivity index is 2.60. The summed E-state index contributed by atoms with van der Waals surface area (Å²) in [5, 5.41) is 0.322. The van der Waals surface area contributed by atoms with Crippen LogP contribution in [0.3, 0.4) is 0 Å². The zero-order chi connectivity index (χ0) is 11.7. The Bertz CT molecular complexity index is 555. The third-order valence-electron chi connectivity index (χ3n) is 1.89. The van der Waals surface area contributed by atoms with Crippen molar-refractivity contribution in [1.82, 2.24) is 14.4 Å². The van der Waals surface area contributed by atoms with E-state index < -0.39 is 5.97 Å². The third kappa shape index (κ3) is 1.99. The first-order valence-electron chi connectivity index (χ1n) is 4.49. The van der Waals surface area contributed by atoms with E-state index in [0.29, 0.717) is 17.4 Å². The van der Waals surface area contributed by atoms with Crippen molar-refractivity contribution in [2.45, 2.75) is 6.92 Å². The van der Waals surface area contributed by atoms with Gasteiger partial charge in [-0.3, -0.25) is 4.40 Å². The van der Waals surface area contributed by atoms with Gasteiger partial charge in [0, 0.05) is 6.07 Å². The molecule has 2 rings (SSSR count). The summed E-state index contributed by atoms with van der Waals surface area (Å²) in [6.07, 6.45) is 1.52. The van der Waals surface area contributed by atoms with E-state index >= 15 is 0 Å². The summed E-state index contributed by atoms with van der Waals surface area (Å²) in [5.41, 5.74) is 0.595. The second-order valence-corrected chi connectivity index (χ2v) is 4.40. The number of hydrogen-bond acceptors (Lipinski definition) is 4. The Labute approximate surface area is 110 Å². The molecule has 0 radical (unpaired) electrons. The fraction of sp³-hybridized carbons (Fsp3) is 0.222. The van der Waals surface area contributed by atoms with Gasteiger partial charge < -0.3 is 4.74 Å². The van der Waals surface area contributed by atoms with Gasteiger partial charge in [0.1, 0.15) is 11.5 Å². The van der Waals surface area contributed by atoms with Gasteiger partial charge in [-0.2, -0.15) is 0 Å². The van der Waals surface area contributed by atoms with E-state index in [2.05, 4.69) is 32.6 Å². The molecular weight excluding hydrogens is 344 g/mol. The molecular formula is C9H7ClIN3O2. The molecule has 0 atom stereocenters. The molecule has 0 N–H and O–H groups in total. The summed E-state index contributed by atoms with van der Waals surface area (Å²) >= 11 is 7.91. The number of aromatic nitrogens is 3. The quantitative estimate of drug-likeness (QED) is 0.473. The van der Waals surface area contributed by atoms with Crippen molar-refractivity contribution < 1.29 is 9.53 Å². The van der Waals surface area contributed by atoms with Gasteiger partial charge in [-0.25, -0.2) is 14.8 Å². The van der Waals surface area contributed by atoms with E-state index in [9.17, 15) is 4.79 Å². The Morgan fingerprint density at radius 3 is 3.12 bits per heavy atom. The van der Waals surface area contributed by atoms with E-state index in [4.69, 9.17) is 16.3 Å². The smallest absolute Gasteiger partial charge is 0.360 e. The topological polar surface area (TPSA) is 56.5 Å². The van der Waals surface area contributed by atoms with Crippen LogP contribution in [-0.4, -0.2) is 26.9 Å². The maximum atomic E-state index is 11.6. The van der Waals surface area contributed by atoms with Crippen molar-refractivity contribution in [2.75, 3.05) is 6.61 Å². The van der Waals surface area contributed by atoms with E-state index in [-0.39, 0.29) is 5.69 Å². The number of carbonyl (C=O) groups is 1. The molecule has 0 unspecified atom stereocenters. The van der Waals surface area contributed by atoms with Crippen LogP contribution in [0.1, 0.15) is 17.4 Å².